The fraction of sp³-hybridized carbons (Fsp3) is 0.133. The summed E-state index contributed by atoms with van der Waals surface area (Å²) in [5.41, 5.74) is 3.11. The molecular formula is C15H13FN2. The van der Waals surface area contributed by atoms with Gasteiger partial charge in [0.15, 0.2) is 0 Å². The van der Waals surface area contributed by atoms with Crippen LogP contribution in [-0.2, 0) is 12.8 Å². The van der Waals surface area contributed by atoms with Crippen LogP contribution in [0.4, 0.5) is 4.39 Å². The molecule has 0 aliphatic rings. The summed E-state index contributed by atoms with van der Waals surface area (Å²) >= 11 is 0. The number of nitrogens with zero attached hydrogens (tertiary/aromatic N) is 1. The molecule has 90 valence electrons. The number of H-pyrrole nitrogens is 1. The normalized spacial score (nSPS) is 10.9. The van der Waals surface area contributed by atoms with Crippen LogP contribution in [0, 0.1) is 5.82 Å². The van der Waals surface area contributed by atoms with Crippen molar-refractivity contribution in [2.45, 2.75) is 12.8 Å². The van der Waals surface area contributed by atoms with Crippen molar-refractivity contribution in [1.29, 1.82) is 0 Å². The lowest BCUT2D eigenvalue weighted by molar-refractivity contribution is 0.639. The standard InChI is InChI=1S/C15H13FN2/c16-13-2-1-3-14-15(13)12(10-18-14)5-4-11-6-8-17-9-7-11/h1-3,6-10,18H,4-5H2. The summed E-state index contributed by atoms with van der Waals surface area (Å²) in [6, 6.07) is 9.11. The molecule has 2 heterocycles. The van der Waals surface area contributed by atoms with Gasteiger partial charge in [0.1, 0.15) is 5.82 Å². The number of nitrogens with one attached hydrogen (secondary N) is 1. The van der Waals surface area contributed by atoms with E-state index in [1.165, 1.54) is 11.6 Å². The second kappa shape index (κ2) is 4.61. The molecule has 0 spiro atoms. The van der Waals surface area contributed by atoms with Gasteiger partial charge >= 0.3 is 0 Å². The molecule has 0 atom stereocenters. The van der Waals surface area contributed by atoms with Crippen molar-refractivity contribution in [3.63, 3.8) is 0 Å². The highest BCUT2D eigenvalue weighted by Gasteiger charge is 2.08. The zero-order chi connectivity index (χ0) is 12.4. The van der Waals surface area contributed by atoms with Crippen LogP contribution in [0.25, 0.3) is 10.9 Å². The molecule has 0 saturated carbocycles. The first-order valence-electron chi connectivity index (χ1n) is 5.98. The summed E-state index contributed by atoms with van der Waals surface area (Å²) < 4.78 is 13.8. The van der Waals surface area contributed by atoms with Crippen molar-refractivity contribution in [3.05, 3.63) is 65.9 Å². The van der Waals surface area contributed by atoms with Gasteiger partial charge in [0.2, 0.25) is 0 Å². The average Bonchev–Trinajstić information content (AvgIpc) is 2.82. The first-order valence-corrected chi connectivity index (χ1v) is 5.98. The Morgan fingerprint density at radius 1 is 1.06 bits per heavy atom. The number of aromatic nitrogens is 2. The number of halogens is 1. The molecular weight excluding hydrogens is 227 g/mol. The number of rotatable bonds is 3. The van der Waals surface area contributed by atoms with Crippen molar-refractivity contribution in [2.75, 3.05) is 0 Å². The maximum absolute atomic E-state index is 13.8. The Morgan fingerprint density at radius 3 is 2.72 bits per heavy atom. The first-order chi connectivity index (χ1) is 8.84. The monoisotopic (exact) mass is 240 g/mol. The van der Waals surface area contributed by atoms with Crippen molar-refractivity contribution >= 4 is 10.9 Å². The number of hydrogen-bond acceptors (Lipinski definition) is 1. The van der Waals surface area contributed by atoms with Crippen LogP contribution in [0.15, 0.2) is 48.9 Å². The summed E-state index contributed by atoms with van der Waals surface area (Å²) in [7, 11) is 0. The molecule has 0 bridgehead atoms. The van der Waals surface area contributed by atoms with E-state index < -0.39 is 0 Å². The topological polar surface area (TPSA) is 28.7 Å². The number of fused-ring (bicyclic) bond motifs is 1. The number of hydrogen-bond donors (Lipinski definition) is 1. The second-order valence-electron chi connectivity index (χ2n) is 4.33. The Balaban J connectivity index is 1.87. The second-order valence-corrected chi connectivity index (χ2v) is 4.33. The van der Waals surface area contributed by atoms with Gasteiger partial charge in [0.25, 0.3) is 0 Å². The molecule has 0 aliphatic heterocycles. The van der Waals surface area contributed by atoms with Crippen molar-refractivity contribution in [3.8, 4) is 0 Å². The third kappa shape index (κ3) is 1.99. The lowest BCUT2D eigenvalue weighted by atomic mass is 10.0. The van der Waals surface area contributed by atoms with Crippen LogP contribution in [0.1, 0.15) is 11.1 Å². The number of aromatic amines is 1. The minimum absolute atomic E-state index is 0.154. The quantitative estimate of drug-likeness (QED) is 0.746. The van der Waals surface area contributed by atoms with E-state index in [0.29, 0.717) is 5.39 Å². The molecule has 0 radical (unpaired) electrons. The smallest absolute Gasteiger partial charge is 0.132 e. The van der Waals surface area contributed by atoms with Crippen LogP contribution in [-0.4, -0.2) is 9.97 Å². The van der Waals surface area contributed by atoms with Gasteiger partial charge in [0, 0.05) is 29.5 Å². The Hall–Kier alpha value is -2.16. The van der Waals surface area contributed by atoms with Gasteiger partial charge in [-0.2, -0.15) is 0 Å². The molecule has 0 unspecified atom stereocenters. The van der Waals surface area contributed by atoms with Crippen molar-refractivity contribution in [1.82, 2.24) is 9.97 Å². The van der Waals surface area contributed by atoms with Crippen molar-refractivity contribution in [2.24, 2.45) is 0 Å². The number of aryl methyl sites for hydroxylation is 2. The largest absolute Gasteiger partial charge is 0.361 e. The predicted octanol–water partition coefficient (Wildman–Crippen LogP) is 3.49. The van der Waals surface area contributed by atoms with E-state index in [1.807, 2.05) is 24.4 Å². The van der Waals surface area contributed by atoms with Crippen molar-refractivity contribution < 1.29 is 4.39 Å². The van der Waals surface area contributed by atoms with E-state index in [9.17, 15) is 4.39 Å². The Bertz CT molecular complexity index is 659. The minimum atomic E-state index is -0.154. The zero-order valence-electron chi connectivity index (χ0n) is 9.86. The number of benzene rings is 1. The molecule has 0 fully saturated rings. The van der Waals surface area contributed by atoms with Gasteiger partial charge < -0.3 is 4.98 Å². The predicted molar refractivity (Wildman–Crippen MR) is 69.9 cm³/mol. The molecule has 1 aromatic carbocycles. The molecule has 3 heteroatoms. The van der Waals surface area contributed by atoms with Crippen LogP contribution in [0.2, 0.25) is 0 Å². The Morgan fingerprint density at radius 2 is 1.89 bits per heavy atom. The molecule has 3 rings (SSSR count). The zero-order valence-corrected chi connectivity index (χ0v) is 9.86. The van der Waals surface area contributed by atoms with E-state index in [-0.39, 0.29) is 5.82 Å². The first kappa shape index (κ1) is 11.0. The van der Waals surface area contributed by atoms with Gasteiger partial charge in [-0.05, 0) is 48.2 Å². The van der Waals surface area contributed by atoms with Gasteiger partial charge in [-0.15, -0.1) is 0 Å². The number of pyridine rings is 1. The maximum Gasteiger partial charge on any atom is 0.132 e. The summed E-state index contributed by atoms with van der Waals surface area (Å²) in [5, 5.41) is 0.714. The van der Waals surface area contributed by atoms with Crippen LogP contribution in [0.5, 0.6) is 0 Å². The fourth-order valence-corrected chi connectivity index (χ4v) is 2.23. The molecule has 2 nitrogen and oxygen atoms in total. The fourth-order valence-electron chi connectivity index (χ4n) is 2.23. The highest BCUT2D eigenvalue weighted by Crippen LogP contribution is 2.22. The highest BCUT2D eigenvalue weighted by molar-refractivity contribution is 5.83. The molecule has 0 aliphatic carbocycles. The van der Waals surface area contributed by atoms with Crippen LogP contribution in [0.3, 0.4) is 0 Å². The molecule has 18 heavy (non-hydrogen) atoms. The third-order valence-electron chi connectivity index (χ3n) is 3.17. The molecule has 0 saturated heterocycles. The Labute approximate surface area is 104 Å². The van der Waals surface area contributed by atoms with Crippen LogP contribution >= 0.6 is 0 Å². The van der Waals surface area contributed by atoms with E-state index in [4.69, 9.17) is 0 Å². The summed E-state index contributed by atoms with van der Waals surface area (Å²) in [5.74, 6) is -0.154. The molecule has 1 N–H and O–H groups in total. The molecule has 0 amide bonds. The maximum atomic E-state index is 13.8. The van der Waals surface area contributed by atoms with E-state index in [1.54, 1.807) is 18.5 Å². The minimum Gasteiger partial charge on any atom is -0.361 e. The summed E-state index contributed by atoms with van der Waals surface area (Å²) in [6.45, 7) is 0. The van der Waals surface area contributed by atoms with E-state index in [2.05, 4.69) is 9.97 Å². The average molecular weight is 240 g/mol. The van der Waals surface area contributed by atoms with Gasteiger partial charge in [-0.3, -0.25) is 4.98 Å². The SMILES string of the molecule is Fc1cccc2[nH]cc(CCc3ccncc3)c12. The van der Waals surface area contributed by atoms with E-state index in [0.717, 1.165) is 23.9 Å². The Kier molecular flexibility index (Phi) is 2.81. The summed E-state index contributed by atoms with van der Waals surface area (Å²) in [6.07, 6.45) is 7.18. The van der Waals surface area contributed by atoms with E-state index >= 15 is 0 Å². The highest BCUT2D eigenvalue weighted by atomic mass is 19.1. The summed E-state index contributed by atoms with van der Waals surface area (Å²) in [4.78, 5) is 7.10. The lowest BCUT2D eigenvalue weighted by Gasteiger charge is -2.01. The molecule has 3 aromatic rings. The lowest BCUT2D eigenvalue weighted by Crippen LogP contribution is -1.91. The van der Waals surface area contributed by atoms with Gasteiger partial charge in [0.05, 0.1) is 0 Å². The van der Waals surface area contributed by atoms with Gasteiger partial charge in [-0.1, -0.05) is 6.07 Å². The third-order valence-corrected chi connectivity index (χ3v) is 3.17. The van der Waals surface area contributed by atoms with Gasteiger partial charge in [-0.25, -0.2) is 4.39 Å². The molecule has 2 aromatic heterocycles. The van der Waals surface area contributed by atoms with Crippen LogP contribution < -0.4 is 0 Å².